The summed E-state index contributed by atoms with van der Waals surface area (Å²) in [5.74, 6) is 0. The topological polar surface area (TPSA) is 26.6 Å². The molecule has 5 aromatic heterocycles. The Morgan fingerprint density at radius 2 is 0.844 bits per heavy atom. The third kappa shape index (κ3) is 2.84. The minimum Gasteiger partial charge on any atom is -0.308 e. The van der Waals surface area contributed by atoms with Gasteiger partial charge in [0.1, 0.15) is 0 Å². The number of nitrogens with zero attached hydrogens (tertiary/aromatic N) is 4. The van der Waals surface area contributed by atoms with Crippen LogP contribution in [0.15, 0.2) is 146 Å². The number of rotatable bonds is 1. The number of pyridine rings is 1. The fourth-order valence-electron chi connectivity index (χ4n) is 8.09. The molecular formula is C41H24N4. The van der Waals surface area contributed by atoms with Crippen molar-refractivity contribution in [3.8, 4) is 5.69 Å². The van der Waals surface area contributed by atoms with Crippen molar-refractivity contribution in [3.05, 3.63) is 146 Å². The molecule has 208 valence electrons. The Kier molecular flexibility index (Phi) is 4.29. The van der Waals surface area contributed by atoms with E-state index in [-0.39, 0.29) is 0 Å². The van der Waals surface area contributed by atoms with E-state index in [9.17, 15) is 0 Å². The molecular weight excluding hydrogens is 548 g/mol. The second kappa shape index (κ2) is 8.28. The SMILES string of the molecule is c1cncc(-n2c3ccccc3c3cc4c(cc32)n2c3ccccc3c3cccc(c5cccc6c7ccccc7n4c65)c32)c1. The smallest absolute Gasteiger partial charge is 0.0724 e. The van der Waals surface area contributed by atoms with Gasteiger partial charge in [-0.3, -0.25) is 4.98 Å². The molecule has 11 aromatic rings. The highest BCUT2D eigenvalue weighted by atomic mass is 15.0. The predicted molar refractivity (Wildman–Crippen MR) is 188 cm³/mol. The Bertz CT molecular complexity index is 3030. The van der Waals surface area contributed by atoms with Crippen molar-refractivity contribution in [3.63, 3.8) is 0 Å². The van der Waals surface area contributed by atoms with E-state index in [0.29, 0.717) is 0 Å². The third-order valence-electron chi connectivity index (χ3n) is 9.83. The highest BCUT2D eigenvalue weighted by Crippen LogP contribution is 2.42. The molecule has 0 aliphatic heterocycles. The number of aromatic nitrogens is 4. The second-order valence-corrected chi connectivity index (χ2v) is 12.0. The minimum atomic E-state index is 1.05. The van der Waals surface area contributed by atoms with Crippen LogP contribution in [0.4, 0.5) is 0 Å². The van der Waals surface area contributed by atoms with Crippen LogP contribution < -0.4 is 0 Å². The molecule has 0 fully saturated rings. The first-order valence-corrected chi connectivity index (χ1v) is 15.4. The summed E-state index contributed by atoms with van der Waals surface area (Å²) >= 11 is 0. The number of hydrogen-bond acceptors (Lipinski definition) is 1. The van der Waals surface area contributed by atoms with E-state index in [1.807, 2.05) is 18.5 Å². The van der Waals surface area contributed by atoms with Crippen LogP contribution in [0.2, 0.25) is 0 Å². The maximum absolute atomic E-state index is 4.51. The molecule has 45 heavy (non-hydrogen) atoms. The van der Waals surface area contributed by atoms with Crippen molar-refractivity contribution in [2.24, 2.45) is 0 Å². The predicted octanol–water partition coefficient (Wildman–Crippen LogP) is 10.5. The van der Waals surface area contributed by atoms with Crippen LogP contribution in [0.3, 0.4) is 0 Å². The molecule has 0 saturated carbocycles. The Morgan fingerprint density at radius 1 is 0.356 bits per heavy atom. The van der Waals surface area contributed by atoms with Gasteiger partial charge in [0.05, 0.1) is 56.0 Å². The van der Waals surface area contributed by atoms with Gasteiger partial charge in [0.15, 0.2) is 0 Å². The van der Waals surface area contributed by atoms with Crippen molar-refractivity contribution < 1.29 is 0 Å². The second-order valence-electron chi connectivity index (χ2n) is 12.0. The maximum atomic E-state index is 4.51. The lowest BCUT2D eigenvalue weighted by Crippen LogP contribution is -1.97. The van der Waals surface area contributed by atoms with Crippen molar-refractivity contribution in [2.75, 3.05) is 0 Å². The molecule has 0 amide bonds. The molecule has 0 spiro atoms. The monoisotopic (exact) mass is 572 g/mol. The van der Waals surface area contributed by atoms with Gasteiger partial charge < -0.3 is 13.4 Å². The Morgan fingerprint density at radius 3 is 1.42 bits per heavy atom. The number of hydrogen-bond donors (Lipinski definition) is 0. The average Bonchev–Trinajstić information content (AvgIpc) is 3.73. The summed E-state index contributed by atoms with van der Waals surface area (Å²) in [5, 5.41) is 10.0. The molecule has 0 bridgehead atoms. The lowest BCUT2D eigenvalue weighted by atomic mass is 10.0. The van der Waals surface area contributed by atoms with Crippen LogP contribution in [0.25, 0.3) is 92.9 Å². The van der Waals surface area contributed by atoms with E-state index in [1.165, 1.54) is 76.2 Å². The molecule has 0 aliphatic carbocycles. The molecule has 0 N–H and O–H groups in total. The van der Waals surface area contributed by atoms with Crippen molar-refractivity contribution in [1.29, 1.82) is 0 Å². The van der Waals surface area contributed by atoms with E-state index in [0.717, 1.165) is 16.7 Å². The fraction of sp³-hybridized carbons (Fsp3) is 0. The molecule has 0 unspecified atom stereocenters. The van der Waals surface area contributed by atoms with Crippen molar-refractivity contribution in [2.45, 2.75) is 0 Å². The summed E-state index contributed by atoms with van der Waals surface area (Å²) in [6.07, 6.45) is 3.80. The van der Waals surface area contributed by atoms with Gasteiger partial charge in [-0.2, -0.15) is 0 Å². The largest absolute Gasteiger partial charge is 0.308 e. The van der Waals surface area contributed by atoms with E-state index in [2.05, 4.69) is 146 Å². The molecule has 5 heterocycles. The molecule has 0 aliphatic rings. The van der Waals surface area contributed by atoms with Gasteiger partial charge in [-0.1, -0.05) is 91.0 Å². The number of para-hydroxylation sites is 5. The lowest BCUT2D eigenvalue weighted by molar-refractivity contribution is 1.14. The Balaban J connectivity index is 1.55. The van der Waals surface area contributed by atoms with Crippen molar-refractivity contribution >= 4 is 87.2 Å². The van der Waals surface area contributed by atoms with Crippen LogP contribution in [0.5, 0.6) is 0 Å². The summed E-state index contributed by atoms with van der Waals surface area (Å²) in [6.45, 7) is 0. The first-order valence-electron chi connectivity index (χ1n) is 15.4. The van der Waals surface area contributed by atoms with Gasteiger partial charge in [-0.25, -0.2) is 0 Å². The molecule has 4 heteroatoms. The highest BCUT2D eigenvalue weighted by molar-refractivity contribution is 6.26. The van der Waals surface area contributed by atoms with Crippen LogP contribution in [-0.2, 0) is 0 Å². The molecule has 0 radical (unpaired) electrons. The van der Waals surface area contributed by atoms with Gasteiger partial charge >= 0.3 is 0 Å². The summed E-state index contributed by atoms with van der Waals surface area (Å²) in [4.78, 5) is 4.51. The maximum Gasteiger partial charge on any atom is 0.0724 e. The van der Waals surface area contributed by atoms with E-state index >= 15 is 0 Å². The Labute approximate surface area is 256 Å². The minimum absolute atomic E-state index is 1.05. The van der Waals surface area contributed by atoms with Crippen LogP contribution in [0, 0.1) is 0 Å². The summed E-state index contributed by atoms with van der Waals surface area (Å²) in [5.41, 5.74) is 10.6. The van der Waals surface area contributed by atoms with Gasteiger partial charge in [0.25, 0.3) is 0 Å². The van der Waals surface area contributed by atoms with Crippen LogP contribution in [-0.4, -0.2) is 18.4 Å². The zero-order chi connectivity index (χ0) is 29.2. The van der Waals surface area contributed by atoms with Gasteiger partial charge in [0.2, 0.25) is 0 Å². The highest BCUT2D eigenvalue weighted by Gasteiger charge is 2.21. The summed E-state index contributed by atoms with van der Waals surface area (Å²) < 4.78 is 7.39. The number of fused-ring (bicyclic) bond motifs is 13. The molecule has 0 saturated heterocycles. The number of benzene rings is 6. The molecule has 0 atom stereocenters. The van der Waals surface area contributed by atoms with Gasteiger partial charge in [-0.05, 0) is 42.5 Å². The van der Waals surface area contributed by atoms with Crippen molar-refractivity contribution in [1.82, 2.24) is 18.4 Å². The first kappa shape index (κ1) is 23.3. The first-order chi connectivity index (χ1) is 22.4. The normalized spacial score (nSPS) is 12.4. The lowest BCUT2D eigenvalue weighted by Gasteiger charge is -2.12. The third-order valence-corrected chi connectivity index (χ3v) is 9.83. The molecule has 6 aromatic carbocycles. The summed E-state index contributed by atoms with van der Waals surface area (Å²) in [7, 11) is 0. The van der Waals surface area contributed by atoms with E-state index < -0.39 is 0 Å². The van der Waals surface area contributed by atoms with Crippen LogP contribution >= 0.6 is 0 Å². The summed E-state index contributed by atoms with van der Waals surface area (Å²) in [6, 6.07) is 49.0. The van der Waals surface area contributed by atoms with Crippen LogP contribution in [0.1, 0.15) is 0 Å². The van der Waals surface area contributed by atoms with Gasteiger partial charge in [-0.15, -0.1) is 0 Å². The van der Waals surface area contributed by atoms with Gasteiger partial charge in [0, 0.05) is 49.3 Å². The zero-order valence-corrected chi connectivity index (χ0v) is 24.1. The zero-order valence-electron chi connectivity index (χ0n) is 24.1. The van der Waals surface area contributed by atoms with E-state index in [4.69, 9.17) is 0 Å². The quantitative estimate of drug-likeness (QED) is 0.192. The van der Waals surface area contributed by atoms with E-state index in [1.54, 1.807) is 0 Å². The Hall–Kier alpha value is -6.13. The standard InChI is InChI=1S/C41H24N4/c1-5-19-35-26(11-1)29-14-7-16-31-32-17-8-15-30-27-12-2-6-20-36(27)45(41(30)32)39-23-37-33(22-38(39)44(35)40(29)31)28-13-3-4-18-34(28)43(37)25-10-9-21-42-24-25/h1-24H. The average molecular weight is 573 g/mol. The molecule has 11 rings (SSSR count). The fourth-order valence-corrected chi connectivity index (χ4v) is 8.09. The molecule has 4 nitrogen and oxygen atoms in total.